The first-order chi connectivity index (χ1) is 8.65. The molecule has 0 saturated carbocycles. The summed E-state index contributed by atoms with van der Waals surface area (Å²) in [6.07, 6.45) is 1.30. The van der Waals surface area contributed by atoms with Crippen LogP contribution in [-0.4, -0.2) is 29.9 Å². The number of nitrogens with zero attached hydrogens (tertiary/aromatic N) is 1. The fourth-order valence-corrected chi connectivity index (χ4v) is 3.83. The molecular weight excluding hydrogens is 290 g/mol. The van der Waals surface area contributed by atoms with Crippen molar-refractivity contribution in [1.29, 1.82) is 0 Å². The van der Waals surface area contributed by atoms with Gasteiger partial charge in [-0.3, -0.25) is 4.90 Å². The second-order valence-corrected chi connectivity index (χ2v) is 5.92. The van der Waals surface area contributed by atoms with E-state index in [0.717, 1.165) is 23.5 Å². The first-order valence-electron chi connectivity index (χ1n) is 6.59. The average molecular weight is 312 g/mol. The summed E-state index contributed by atoms with van der Waals surface area (Å²) in [5.74, 6) is 1.79. The van der Waals surface area contributed by atoms with Gasteiger partial charge in [-0.25, -0.2) is 0 Å². The van der Waals surface area contributed by atoms with Crippen LogP contribution in [0.25, 0.3) is 0 Å². The van der Waals surface area contributed by atoms with Crippen LogP contribution >= 0.6 is 15.9 Å². The number of aryl methyl sites for hydroxylation is 1. The number of benzene rings is 1. The number of rotatable bonds is 4. The topological polar surface area (TPSA) is 12.5 Å². The number of hydrogen-bond acceptors (Lipinski definition) is 2. The van der Waals surface area contributed by atoms with Crippen LogP contribution in [0.2, 0.25) is 0 Å². The third-order valence-electron chi connectivity index (χ3n) is 3.96. The van der Waals surface area contributed by atoms with E-state index < -0.39 is 0 Å². The molecule has 0 N–H and O–H groups in total. The summed E-state index contributed by atoms with van der Waals surface area (Å²) in [5.41, 5.74) is 2.60. The molecule has 2 unspecified atom stereocenters. The molecule has 0 amide bonds. The maximum Gasteiger partial charge on any atom is 0.123 e. The van der Waals surface area contributed by atoms with Crippen molar-refractivity contribution in [3.05, 3.63) is 29.3 Å². The second-order valence-electron chi connectivity index (χ2n) is 5.27. The van der Waals surface area contributed by atoms with Crippen molar-refractivity contribution in [1.82, 2.24) is 4.90 Å². The largest absolute Gasteiger partial charge is 0.496 e. The fourth-order valence-electron chi connectivity index (χ4n) is 2.78. The highest BCUT2D eigenvalue weighted by Gasteiger charge is 2.30. The van der Waals surface area contributed by atoms with Crippen LogP contribution in [0.15, 0.2) is 18.2 Å². The van der Waals surface area contributed by atoms with Gasteiger partial charge in [-0.15, -0.1) is 0 Å². The summed E-state index contributed by atoms with van der Waals surface area (Å²) in [7, 11) is 1.75. The molecule has 0 spiro atoms. The van der Waals surface area contributed by atoms with E-state index in [1.807, 2.05) is 0 Å². The Bertz CT molecular complexity index is 407. The molecule has 1 aliphatic rings. The summed E-state index contributed by atoms with van der Waals surface area (Å²) < 4.78 is 5.47. The van der Waals surface area contributed by atoms with Gasteiger partial charge in [0.1, 0.15) is 5.75 Å². The Hall–Kier alpha value is -0.540. The molecule has 0 radical (unpaired) electrons. The standard InChI is InChI=1S/C15H22BrNO/c1-11-4-5-15(18-3)13(8-11)10-17-7-6-12(2)14(17)9-16/h4-5,8,12,14H,6-7,9-10H2,1-3H3. The lowest BCUT2D eigenvalue weighted by Crippen LogP contribution is -2.33. The minimum atomic E-state index is 0.648. The molecule has 1 aromatic carbocycles. The lowest BCUT2D eigenvalue weighted by atomic mass is 10.0. The molecule has 1 heterocycles. The van der Waals surface area contributed by atoms with Crippen molar-refractivity contribution in [2.24, 2.45) is 5.92 Å². The number of halogens is 1. The molecule has 0 aromatic heterocycles. The lowest BCUT2D eigenvalue weighted by Gasteiger charge is -2.26. The van der Waals surface area contributed by atoms with Crippen molar-refractivity contribution < 1.29 is 4.74 Å². The molecule has 1 fully saturated rings. The summed E-state index contributed by atoms with van der Waals surface area (Å²) in [6, 6.07) is 7.08. The molecule has 1 aromatic rings. The summed E-state index contributed by atoms with van der Waals surface area (Å²) in [4.78, 5) is 2.57. The van der Waals surface area contributed by atoms with Crippen LogP contribution in [0, 0.1) is 12.8 Å². The van der Waals surface area contributed by atoms with Crippen molar-refractivity contribution in [3.63, 3.8) is 0 Å². The molecule has 1 aliphatic heterocycles. The Morgan fingerprint density at radius 3 is 2.89 bits per heavy atom. The Morgan fingerprint density at radius 1 is 1.44 bits per heavy atom. The zero-order valence-electron chi connectivity index (χ0n) is 11.4. The maximum absolute atomic E-state index is 5.47. The monoisotopic (exact) mass is 311 g/mol. The number of ether oxygens (including phenoxy) is 1. The molecule has 2 nitrogen and oxygen atoms in total. The highest BCUT2D eigenvalue weighted by Crippen LogP contribution is 2.29. The third kappa shape index (κ3) is 2.89. The van der Waals surface area contributed by atoms with Gasteiger partial charge in [-0.2, -0.15) is 0 Å². The second kappa shape index (κ2) is 6.07. The predicted octanol–water partition coefficient (Wildman–Crippen LogP) is 3.61. The van der Waals surface area contributed by atoms with E-state index in [1.54, 1.807) is 7.11 Å². The van der Waals surface area contributed by atoms with Crippen molar-refractivity contribution in [2.45, 2.75) is 32.9 Å². The molecule has 18 heavy (non-hydrogen) atoms. The Kier molecular flexibility index (Phi) is 4.68. The van der Waals surface area contributed by atoms with Gasteiger partial charge in [0, 0.05) is 23.5 Å². The van der Waals surface area contributed by atoms with Crippen LogP contribution in [0.1, 0.15) is 24.5 Å². The molecule has 1 saturated heterocycles. The zero-order valence-corrected chi connectivity index (χ0v) is 13.0. The van der Waals surface area contributed by atoms with Crippen LogP contribution in [0.4, 0.5) is 0 Å². The van der Waals surface area contributed by atoms with Gasteiger partial charge < -0.3 is 4.74 Å². The summed E-state index contributed by atoms with van der Waals surface area (Å²) in [5, 5.41) is 1.06. The van der Waals surface area contributed by atoms with E-state index in [4.69, 9.17) is 4.74 Å². The van der Waals surface area contributed by atoms with Gasteiger partial charge >= 0.3 is 0 Å². The van der Waals surface area contributed by atoms with E-state index in [9.17, 15) is 0 Å². The summed E-state index contributed by atoms with van der Waals surface area (Å²) in [6.45, 7) is 6.66. The van der Waals surface area contributed by atoms with Gasteiger partial charge in [-0.1, -0.05) is 40.5 Å². The number of likely N-dealkylation sites (tertiary alicyclic amines) is 1. The average Bonchev–Trinajstić information content (AvgIpc) is 2.70. The number of alkyl halides is 1. The van der Waals surface area contributed by atoms with Gasteiger partial charge in [0.2, 0.25) is 0 Å². The van der Waals surface area contributed by atoms with E-state index in [0.29, 0.717) is 6.04 Å². The van der Waals surface area contributed by atoms with Crippen molar-refractivity contribution in [2.75, 3.05) is 19.0 Å². The first-order valence-corrected chi connectivity index (χ1v) is 7.71. The van der Waals surface area contributed by atoms with Gasteiger partial charge in [0.05, 0.1) is 7.11 Å². The zero-order chi connectivity index (χ0) is 13.1. The SMILES string of the molecule is COc1ccc(C)cc1CN1CCC(C)C1CBr. The van der Waals surface area contributed by atoms with Crippen LogP contribution in [-0.2, 0) is 6.54 Å². The quantitative estimate of drug-likeness (QED) is 0.788. The van der Waals surface area contributed by atoms with E-state index in [2.05, 4.69) is 52.9 Å². The van der Waals surface area contributed by atoms with E-state index in [1.165, 1.54) is 24.1 Å². The van der Waals surface area contributed by atoms with E-state index in [-0.39, 0.29) is 0 Å². The first kappa shape index (κ1) is 13.9. The van der Waals surface area contributed by atoms with Crippen LogP contribution in [0.3, 0.4) is 0 Å². The smallest absolute Gasteiger partial charge is 0.123 e. The maximum atomic E-state index is 5.47. The minimum absolute atomic E-state index is 0.648. The highest BCUT2D eigenvalue weighted by atomic mass is 79.9. The van der Waals surface area contributed by atoms with Crippen molar-refractivity contribution in [3.8, 4) is 5.75 Å². The van der Waals surface area contributed by atoms with Gasteiger partial charge in [0.15, 0.2) is 0 Å². The summed E-state index contributed by atoms with van der Waals surface area (Å²) >= 11 is 3.65. The minimum Gasteiger partial charge on any atom is -0.496 e. The number of hydrogen-bond donors (Lipinski definition) is 0. The van der Waals surface area contributed by atoms with Crippen LogP contribution < -0.4 is 4.74 Å². The molecule has 2 rings (SSSR count). The molecule has 100 valence electrons. The molecule has 3 heteroatoms. The van der Waals surface area contributed by atoms with Gasteiger partial charge in [-0.05, 0) is 31.9 Å². The molecular formula is C15H22BrNO. The number of methoxy groups -OCH3 is 1. The van der Waals surface area contributed by atoms with Crippen molar-refractivity contribution >= 4 is 15.9 Å². The Labute approximate surface area is 118 Å². The lowest BCUT2D eigenvalue weighted by molar-refractivity contribution is 0.240. The highest BCUT2D eigenvalue weighted by molar-refractivity contribution is 9.09. The Morgan fingerprint density at radius 2 is 2.22 bits per heavy atom. The molecule has 0 bridgehead atoms. The fraction of sp³-hybridized carbons (Fsp3) is 0.600. The molecule has 2 atom stereocenters. The third-order valence-corrected chi connectivity index (χ3v) is 4.63. The Balaban J connectivity index is 2.16. The van der Waals surface area contributed by atoms with Crippen LogP contribution in [0.5, 0.6) is 5.75 Å². The van der Waals surface area contributed by atoms with Gasteiger partial charge in [0.25, 0.3) is 0 Å². The normalized spacial score (nSPS) is 24.4. The van der Waals surface area contributed by atoms with E-state index >= 15 is 0 Å². The molecule has 0 aliphatic carbocycles. The predicted molar refractivity (Wildman–Crippen MR) is 79.5 cm³/mol.